The first-order valence-corrected chi connectivity index (χ1v) is 8.25. The number of nitrogens with one attached hydrogen (secondary N) is 1. The lowest BCUT2D eigenvalue weighted by molar-refractivity contribution is 0.220. The fraction of sp³-hybridized carbons (Fsp3) is 0.647. The molecule has 1 nitrogen and oxygen atoms in total. The Morgan fingerprint density at radius 1 is 1.16 bits per heavy atom. The van der Waals surface area contributed by atoms with Crippen LogP contribution in [-0.4, -0.2) is 11.3 Å². The van der Waals surface area contributed by atoms with Gasteiger partial charge in [-0.05, 0) is 49.5 Å². The minimum Gasteiger partial charge on any atom is -0.305 e. The molecule has 1 aliphatic heterocycles. The molecule has 0 saturated heterocycles. The molecule has 0 radical (unpaired) electrons. The van der Waals surface area contributed by atoms with Gasteiger partial charge in [0, 0.05) is 16.5 Å². The normalized spacial score (nSPS) is 20.2. The summed E-state index contributed by atoms with van der Waals surface area (Å²) in [5.74, 6) is 1.22. The van der Waals surface area contributed by atoms with Crippen LogP contribution in [0.25, 0.3) is 0 Å². The topological polar surface area (TPSA) is 12.0 Å². The quantitative estimate of drug-likeness (QED) is 0.832. The van der Waals surface area contributed by atoms with Crippen molar-refractivity contribution in [2.24, 2.45) is 5.41 Å². The van der Waals surface area contributed by atoms with Crippen LogP contribution in [0.2, 0.25) is 0 Å². The van der Waals surface area contributed by atoms with Crippen molar-refractivity contribution in [1.82, 2.24) is 5.32 Å². The van der Waals surface area contributed by atoms with Gasteiger partial charge in [0.2, 0.25) is 0 Å². The summed E-state index contributed by atoms with van der Waals surface area (Å²) >= 11 is 1.99. The van der Waals surface area contributed by atoms with E-state index in [9.17, 15) is 0 Å². The smallest absolute Gasteiger partial charge is 0.0344 e. The Morgan fingerprint density at radius 2 is 1.84 bits per heavy atom. The summed E-state index contributed by atoms with van der Waals surface area (Å²) in [4.78, 5) is 1.46. The van der Waals surface area contributed by atoms with Crippen LogP contribution in [0.5, 0.6) is 0 Å². The predicted octanol–water partition coefficient (Wildman–Crippen LogP) is 5.03. The molecular weight excluding hydrogens is 250 g/mol. The first-order chi connectivity index (χ1) is 8.77. The molecule has 1 unspecified atom stereocenters. The molecule has 1 N–H and O–H groups in total. The van der Waals surface area contributed by atoms with Gasteiger partial charge < -0.3 is 5.32 Å². The highest BCUT2D eigenvalue weighted by Gasteiger charge is 2.30. The Morgan fingerprint density at radius 3 is 2.53 bits per heavy atom. The Labute approximate surface area is 122 Å². The largest absolute Gasteiger partial charge is 0.305 e. The van der Waals surface area contributed by atoms with Gasteiger partial charge in [0.1, 0.15) is 0 Å². The number of hydrogen-bond acceptors (Lipinski definition) is 2. The second-order valence-electron chi connectivity index (χ2n) is 7.49. The van der Waals surface area contributed by atoms with Crippen LogP contribution < -0.4 is 5.32 Å². The molecule has 19 heavy (non-hydrogen) atoms. The SMILES string of the molecule is CC(C)(C)CC(C)(C)NC1CCSc2ccccc21. The van der Waals surface area contributed by atoms with Gasteiger partial charge in [-0.3, -0.25) is 0 Å². The first-order valence-electron chi connectivity index (χ1n) is 7.26. The van der Waals surface area contributed by atoms with Crippen molar-refractivity contribution < 1.29 is 0 Å². The number of thioether (sulfide) groups is 1. The average molecular weight is 277 g/mol. The third kappa shape index (κ3) is 4.25. The molecule has 1 aromatic rings. The van der Waals surface area contributed by atoms with Crippen LogP contribution >= 0.6 is 11.8 Å². The molecule has 0 aliphatic carbocycles. The Kier molecular flexibility index (Phi) is 4.32. The van der Waals surface area contributed by atoms with Crippen LogP contribution in [0.3, 0.4) is 0 Å². The molecule has 0 bridgehead atoms. The monoisotopic (exact) mass is 277 g/mol. The van der Waals surface area contributed by atoms with E-state index in [1.54, 1.807) is 0 Å². The molecule has 2 heteroatoms. The van der Waals surface area contributed by atoms with E-state index in [4.69, 9.17) is 0 Å². The van der Waals surface area contributed by atoms with Crippen molar-refractivity contribution in [2.45, 2.75) is 63.9 Å². The Hall–Kier alpha value is -0.470. The van der Waals surface area contributed by atoms with Crippen LogP contribution in [0, 0.1) is 5.41 Å². The van der Waals surface area contributed by atoms with Crippen molar-refractivity contribution >= 4 is 11.8 Å². The molecule has 0 amide bonds. The van der Waals surface area contributed by atoms with Gasteiger partial charge in [-0.15, -0.1) is 11.8 Å². The zero-order chi connectivity index (χ0) is 14.1. The molecule has 0 saturated carbocycles. The lowest BCUT2D eigenvalue weighted by Crippen LogP contribution is -2.45. The highest BCUT2D eigenvalue weighted by atomic mass is 32.2. The molecular formula is C17H27NS. The van der Waals surface area contributed by atoms with Crippen LogP contribution in [-0.2, 0) is 0 Å². The van der Waals surface area contributed by atoms with E-state index in [1.807, 2.05) is 11.8 Å². The van der Waals surface area contributed by atoms with E-state index in [0.29, 0.717) is 11.5 Å². The van der Waals surface area contributed by atoms with Crippen LogP contribution in [0.4, 0.5) is 0 Å². The average Bonchev–Trinajstić information content (AvgIpc) is 2.25. The van der Waals surface area contributed by atoms with Gasteiger partial charge >= 0.3 is 0 Å². The molecule has 1 aliphatic rings. The molecule has 1 aromatic carbocycles. The van der Waals surface area contributed by atoms with Gasteiger partial charge in [0.05, 0.1) is 0 Å². The minimum atomic E-state index is 0.179. The molecule has 2 rings (SSSR count). The molecule has 106 valence electrons. The van der Waals surface area contributed by atoms with Crippen molar-refractivity contribution in [1.29, 1.82) is 0 Å². The highest BCUT2D eigenvalue weighted by Crippen LogP contribution is 2.38. The lowest BCUT2D eigenvalue weighted by atomic mass is 9.81. The summed E-state index contributed by atoms with van der Waals surface area (Å²) in [7, 11) is 0. The van der Waals surface area contributed by atoms with Crippen molar-refractivity contribution in [3.63, 3.8) is 0 Å². The number of benzene rings is 1. The maximum Gasteiger partial charge on any atom is 0.0344 e. The second-order valence-corrected chi connectivity index (χ2v) is 8.63. The van der Waals surface area contributed by atoms with Crippen LogP contribution in [0.15, 0.2) is 29.2 Å². The third-order valence-electron chi connectivity index (χ3n) is 3.50. The number of fused-ring (bicyclic) bond motifs is 1. The van der Waals surface area contributed by atoms with E-state index < -0.39 is 0 Å². The summed E-state index contributed by atoms with van der Waals surface area (Å²) in [5, 5.41) is 3.89. The fourth-order valence-electron chi connectivity index (χ4n) is 3.34. The van der Waals surface area contributed by atoms with Crippen molar-refractivity contribution in [3.8, 4) is 0 Å². The van der Waals surface area contributed by atoms with E-state index >= 15 is 0 Å². The second kappa shape index (κ2) is 5.49. The lowest BCUT2D eigenvalue weighted by Gasteiger charge is -2.38. The summed E-state index contributed by atoms with van der Waals surface area (Å²) < 4.78 is 0. The number of rotatable bonds is 3. The third-order valence-corrected chi connectivity index (χ3v) is 4.62. The molecule has 0 spiro atoms. The Bertz CT molecular complexity index is 431. The summed E-state index contributed by atoms with van der Waals surface area (Å²) in [6.45, 7) is 11.6. The minimum absolute atomic E-state index is 0.179. The summed E-state index contributed by atoms with van der Waals surface area (Å²) in [5.41, 5.74) is 2.03. The van der Waals surface area contributed by atoms with Gasteiger partial charge in [-0.25, -0.2) is 0 Å². The van der Waals surface area contributed by atoms with Gasteiger partial charge in [-0.2, -0.15) is 0 Å². The molecule has 0 aromatic heterocycles. The standard InChI is InChI=1S/C17H27NS/c1-16(2,3)12-17(4,5)18-14-10-11-19-15-9-7-6-8-13(14)15/h6-9,14,18H,10-12H2,1-5H3. The highest BCUT2D eigenvalue weighted by molar-refractivity contribution is 7.99. The van der Waals surface area contributed by atoms with Gasteiger partial charge in [0.15, 0.2) is 0 Å². The van der Waals surface area contributed by atoms with Gasteiger partial charge in [0.25, 0.3) is 0 Å². The fourth-order valence-corrected chi connectivity index (χ4v) is 4.47. The molecule has 1 heterocycles. The zero-order valence-corrected chi connectivity index (χ0v) is 13.7. The molecule has 1 atom stereocenters. The maximum absolute atomic E-state index is 3.89. The van der Waals surface area contributed by atoms with Crippen LogP contribution in [0.1, 0.15) is 59.1 Å². The first kappa shape index (κ1) is 14.9. The Balaban J connectivity index is 2.12. The van der Waals surface area contributed by atoms with E-state index in [2.05, 4.69) is 64.2 Å². The zero-order valence-electron chi connectivity index (χ0n) is 12.9. The van der Waals surface area contributed by atoms with E-state index in [-0.39, 0.29) is 5.54 Å². The van der Waals surface area contributed by atoms with Gasteiger partial charge in [-0.1, -0.05) is 39.0 Å². The van der Waals surface area contributed by atoms with Crippen molar-refractivity contribution in [3.05, 3.63) is 29.8 Å². The van der Waals surface area contributed by atoms with E-state index in [0.717, 1.165) is 0 Å². The number of hydrogen-bond donors (Lipinski definition) is 1. The maximum atomic E-state index is 3.89. The molecule has 0 fully saturated rings. The predicted molar refractivity (Wildman–Crippen MR) is 85.8 cm³/mol. The van der Waals surface area contributed by atoms with E-state index in [1.165, 1.54) is 29.1 Å². The van der Waals surface area contributed by atoms with Crippen molar-refractivity contribution in [2.75, 3.05) is 5.75 Å². The summed E-state index contributed by atoms with van der Waals surface area (Å²) in [6.07, 6.45) is 2.42. The summed E-state index contributed by atoms with van der Waals surface area (Å²) in [6, 6.07) is 9.36.